The maximum Gasteiger partial charge on any atom is 0.272 e. The number of amides is 1. The second-order valence-electron chi connectivity index (χ2n) is 12.4. The van der Waals surface area contributed by atoms with Crippen LogP contribution < -0.4 is 5.32 Å². The van der Waals surface area contributed by atoms with Gasteiger partial charge in [-0.1, -0.05) is 30.3 Å². The fourth-order valence-electron chi connectivity index (χ4n) is 8.78. The van der Waals surface area contributed by atoms with Crippen LogP contribution in [0.5, 0.6) is 0 Å². The number of aromatic nitrogens is 2. The number of nitrogens with one attached hydrogen (secondary N) is 1. The van der Waals surface area contributed by atoms with Crippen LogP contribution in [0.3, 0.4) is 0 Å². The first-order valence-electron chi connectivity index (χ1n) is 14.2. The minimum atomic E-state index is -0.272. The molecule has 3 aromatic rings. The highest BCUT2D eigenvalue weighted by Gasteiger charge is 2.53. The maximum absolute atomic E-state index is 13.9. The van der Waals surface area contributed by atoms with E-state index in [-0.39, 0.29) is 29.1 Å². The largest absolute Gasteiger partial charge is 0.348 e. The van der Waals surface area contributed by atoms with E-state index in [4.69, 9.17) is 5.10 Å². The van der Waals surface area contributed by atoms with Crippen molar-refractivity contribution in [3.05, 3.63) is 82.9 Å². The van der Waals surface area contributed by atoms with Crippen LogP contribution in [0.25, 0.3) is 5.69 Å². The van der Waals surface area contributed by atoms with Crippen molar-refractivity contribution in [2.24, 2.45) is 23.2 Å². The third-order valence-corrected chi connectivity index (χ3v) is 10.1. The summed E-state index contributed by atoms with van der Waals surface area (Å²) in [6.45, 7) is 2.24. The molecule has 0 aliphatic heterocycles. The molecular formula is C32H36FN3O. The number of hydrogen-bond donors (Lipinski definition) is 1. The summed E-state index contributed by atoms with van der Waals surface area (Å²) in [5.41, 5.74) is 4.97. The Hall–Kier alpha value is -2.95. The van der Waals surface area contributed by atoms with Crippen LogP contribution in [0.15, 0.2) is 54.6 Å². The topological polar surface area (TPSA) is 46.9 Å². The van der Waals surface area contributed by atoms with Crippen LogP contribution in [-0.2, 0) is 6.42 Å². The number of fused-ring (bicyclic) bond motifs is 1. The fourth-order valence-corrected chi connectivity index (χ4v) is 8.78. The zero-order valence-corrected chi connectivity index (χ0v) is 21.6. The molecule has 2 atom stereocenters. The Morgan fingerprint density at radius 3 is 2.30 bits per heavy atom. The molecule has 1 N–H and O–H groups in total. The van der Waals surface area contributed by atoms with Crippen LogP contribution in [0, 0.1) is 29.0 Å². The molecule has 0 radical (unpaired) electrons. The summed E-state index contributed by atoms with van der Waals surface area (Å²) in [4.78, 5) is 13.9. The molecule has 4 nitrogen and oxygen atoms in total. The van der Waals surface area contributed by atoms with Crippen molar-refractivity contribution < 1.29 is 9.18 Å². The van der Waals surface area contributed by atoms with E-state index in [0.717, 1.165) is 54.0 Å². The van der Waals surface area contributed by atoms with Crippen LogP contribution >= 0.6 is 0 Å². The van der Waals surface area contributed by atoms with Crippen molar-refractivity contribution in [3.63, 3.8) is 0 Å². The summed E-state index contributed by atoms with van der Waals surface area (Å²) in [7, 11) is 0. The smallest absolute Gasteiger partial charge is 0.272 e. The van der Waals surface area contributed by atoms with Gasteiger partial charge in [0.1, 0.15) is 5.82 Å². The Morgan fingerprint density at radius 1 is 1.00 bits per heavy atom. The predicted molar refractivity (Wildman–Crippen MR) is 142 cm³/mol. The monoisotopic (exact) mass is 497 g/mol. The van der Waals surface area contributed by atoms with E-state index in [9.17, 15) is 9.18 Å². The summed E-state index contributed by atoms with van der Waals surface area (Å²) < 4.78 is 15.7. The van der Waals surface area contributed by atoms with Crippen LogP contribution in [-0.4, -0.2) is 21.7 Å². The molecule has 2 aromatic carbocycles. The van der Waals surface area contributed by atoms with Gasteiger partial charge in [-0.3, -0.25) is 4.79 Å². The molecule has 0 spiro atoms. The van der Waals surface area contributed by atoms with Gasteiger partial charge in [0.25, 0.3) is 5.91 Å². The van der Waals surface area contributed by atoms with E-state index in [0.29, 0.717) is 5.69 Å². The van der Waals surface area contributed by atoms with Gasteiger partial charge in [0.05, 0.1) is 11.4 Å². The van der Waals surface area contributed by atoms with Gasteiger partial charge in [0.2, 0.25) is 0 Å². The highest BCUT2D eigenvalue weighted by Crippen LogP contribution is 2.61. The Labute approximate surface area is 218 Å². The van der Waals surface area contributed by atoms with Crippen molar-refractivity contribution in [2.45, 2.75) is 76.7 Å². The van der Waals surface area contributed by atoms with Crippen molar-refractivity contribution >= 4 is 5.91 Å². The van der Waals surface area contributed by atoms with Gasteiger partial charge in [-0.15, -0.1) is 0 Å². The molecular weight excluding hydrogens is 461 g/mol. The highest BCUT2D eigenvalue weighted by molar-refractivity contribution is 5.94. The Morgan fingerprint density at radius 2 is 1.65 bits per heavy atom. The third-order valence-electron chi connectivity index (χ3n) is 10.1. The number of carbonyl (C=O) groups excluding carboxylic acids is 1. The molecule has 5 heteroatoms. The summed E-state index contributed by atoms with van der Waals surface area (Å²) >= 11 is 0. The lowest BCUT2D eigenvalue weighted by Crippen LogP contribution is -2.55. The zero-order chi connectivity index (χ0) is 25.1. The molecule has 5 aliphatic carbocycles. The molecule has 1 heterocycles. The summed E-state index contributed by atoms with van der Waals surface area (Å²) in [5, 5.41) is 8.41. The first-order chi connectivity index (χ1) is 18.0. The van der Waals surface area contributed by atoms with Crippen LogP contribution in [0.1, 0.15) is 91.5 Å². The van der Waals surface area contributed by atoms with Crippen molar-refractivity contribution in [1.82, 2.24) is 15.1 Å². The van der Waals surface area contributed by atoms with Gasteiger partial charge in [0, 0.05) is 17.5 Å². The minimum absolute atomic E-state index is 0.0472. The maximum atomic E-state index is 13.9. The second-order valence-corrected chi connectivity index (χ2v) is 12.4. The van der Waals surface area contributed by atoms with Gasteiger partial charge in [-0.2, -0.15) is 5.10 Å². The summed E-state index contributed by atoms with van der Waals surface area (Å²) in [6, 6.07) is 17.1. The SMILES string of the molecule is CC(NC(=O)c1nn(-c2ccc(F)cc2)c2c1CCCC2c1ccccc1)C12CC3CC(CC(C3)C1)C2. The number of hydrogen-bond acceptors (Lipinski definition) is 2. The predicted octanol–water partition coefficient (Wildman–Crippen LogP) is 6.81. The fraction of sp³-hybridized carbons (Fsp3) is 0.500. The van der Waals surface area contributed by atoms with Gasteiger partial charge in [-0.05, 0) is 118 Å². The molecule has 5 aliphatic rings. The average molecular weight is 498 g/mol. The lowest BCUT2D eigenvalue weighted by Gasteiger charge is -2.59. The van der Waals surface area contributed by atoms with E-state index in [2.05, 4.69) is 36.5 Å². The first kappa shape index (κ1) is 23.2. The molecule has 0 saturated heterocycles. The van der Waals surface area contributed by atoms with Gasteiger partial charge in [0.15, 0.2) is 5.69 Å². The van der Waals surface area contributed by atoms with Crippen LogP contribution in [0.2, 0.25) is 0 Å². The number of nitrogens with zero attached hydrogens (tertiary/aromatic N) is 2. The number of benzene rings is 2. The molecule has 4 bridgehead atoms. The van der Waals surface area contributed by atoms with Gasteiger partial charge < -0.3 is 5.32 Å². The molecule has 2 unspecified atom stereocenters. The average Bonchev–Trinajstić information content (AvgIpc) is 3.29. The Kier molecular flexibility index (Phi) is 5.53. The second kappa shape index (κ2) is 8.82. The third kappa shape index (κ3) is 3.93. The first-order valence-corrected chi connectivity index (χ1v) is 14.2. The lowest BCUT2D eigenvalue weighted by molar-refractivity contribution is -0.0688. The quantitative estimate of drug-likeness (QED) is 0.421. The van der Waals surface area contributed by atoms with E-state index in [1.165, 1.54) is 56.2 Å². The van der Waals surface area contributed by atoms with E-state index >= 15 is 0 Å². The number of carbonyl (C=O) groups is 1. The van der Waals surface area contributed by atoms with E-state index in [1.54, 1.807) is 12.1 Å². The van der Waals surface area contributed by atoms with Crippen molar-refractivity contribution in [1.29, 1.82) is 0 Å². The Balaban J connectivity index is 1.25. The molecule has 37 heavy (non-hydrogen) atoms. The molecule has 1 aromatic heterocycles. The molecule has 4 fully saturated rings. The summed E-state index contributed by atoms with van der Waals surface area (Å²) in [5.74, 6) is 2.39. The number of rotatable bonds is 5. The highest BCUT2D eigenvalue weighted by atomic mass is 19.1. The summed E-state index contributed by atoms with van der Waals surface area (Å²) in [6.07, 6.45) is 10.9. The van der Waals surface area contributed by atoms with Crippen LogP contribution in [0.4, 0.5) is 4.39 Å². The van der Waals surface area contributed by atoms with Gasteiger partial charge >= 0.3 is 0 Å². The van der Waals surface area contributed by atoms with E-state index < -0.39 is 0 Å². The van der Waals surface area contributed by atoms with Crippen molar-refractivity contribution in [2.75, 3.05) is 0 Å². The molecule has 192 valence electrons. The number of halogens is 1. The normalized spacial score (nSPS) is 30.6. The molecule has 8 rings (SSSR count). The zero-order valence-electron chi connectivity index (χ0n) is 21.6. The Bertz CT molecular complexity index is 1280. The molecule has 1 amide bonds. The van der Waals surface area contributed by atoms with E-state index in [1.807, 2.05) is 10.7 Å². The lowest BCUT2D eigenvalue weighted by atomic mass is 9.48. The minimum Gasteiger partial charge on any atom is -0.348 e. The van der Waals surface area contributed by atoms with Gasteiger partial charge in [-0.25, -0.2) is 9.07 Å². The standard InChI is InChI=1S/C32H36FN3O/c1-20(32-17-21-14-22(18-32)16-23(15-21)19-32)34-31(37)29-28-9-5-8-27(24-6-3-2-4-7-24)30(28)36(35-29)26-12-10-25(33)11-13-26/h2-4,6-7,10-13,20-23,27H,5,8-9,14-19H2,1H3,(H,34,37). The molecule has 4 saturated carbocycles. The van der Waals surface area contributed by atoms with Crippen molar-refractivity contribution in [3.8, 4) is 5.69 Å².